The maximum atomic E-state index is 13.2. The highest BCUT2D eigenvalue weighted by atomic mass is 32.2. The van der Waals surface area contributed by atoms with Gasteiger partial charge in [0.1, 0.15) is 11.8 Å². The molecule has 6 nitrogen and oxygen atoms in total. The lowest BCUT2D eigenvalue weighted by molar-refractivity contribution is -0.117. The number of anilines is 2. The van der Waals surface area contributed by atoms with E-state index in [4.69, 9.17) is 4.74 Å². The molecule has 0 saturated heterocycles. The molecular formula is C23H26N2O4S. The highest BCUT2D eigenvalue weighted by Crippen LogP contribution is 2.27. The van der Waals surface area contributed by atoms with Crippen LogP contribution in [-0.2, 0) is 14.8 Å². The van der Waals surface area contributed by atoms with Crippen LogP contribution in [0.4, 0.5) is 11.4 Å². The molecule has 3 aromatic rings. The summed E-state index contributed by atoms with van der Waals surface area (Å²) in [7, 11) is -3.70. The van der Waals surface area contributed by atoms with Gasteiger partial charge >= 0.3 is 0 Å². The minimum atomic E-state index is -3.70. The smallest absolute Gasteiger partial charge is 0.248 e. The fourth-order valence-electron chi connectivity index (χ4n) is 3.47. The summed E-state index contributed by atoms with van der Waals surface area (Å²) >= 11 is 0. The van der Waals surface area contributed by atoms with Crippen molar-refractivity contribution in [2.75, 3.05) is 22.5 Å². The summed E-state index contributed by atoms with van der Waals surface area (Å²) in [6, 6.07) is 19.2. The number of amides is 1. The zero-order chi connectivity index (χ0) is 21.7. The number of hydrogen-bond donors (Lipinski definition) is 1. The number of nitrogens with one attached hydrogen (secondary N) is 1. The van der Waals surface area contributed by atoms with E-state index in [1.807, 2.05) is 49.4 Å². The number of carbonyl (C=O) groups excluding carboxylic acids is 1. The molecule has 7 heteroatoms. The lowest BCUT2D eigenvalue weighted by Gasteiger charge is -2.30. The molecule has 0 fully saturated rings. The first kappa shape index (κ1) is 21.6. The Bertz CT molecular complexity index is 1120. The van der Waals surface area contributed by atoms with E-state index in [0.29, 0.717) is 30.2 Å². The van der Waals surface area contributed by atoms with Gasteiger partial charge in [0.05, 0.1) is 18.6 Å². The number of rotatable bonds is 8. The van der Waals surface area contributed by atoms with Crippen molar-refractivity contribution in [2.45, 2.75) is 26.3 Å². The molecular weight excluding hydrogens is 400 g/mol. The molecule has 1 amide bonds. The van der Waals surface area contributed by atoms with Crippen molar-refractivity contribution in [3.8, 4) is 5.75 Å². The van der Waals surface area contributed by atoms with Crippen LogP contribution in [0, 0.1) is 0 Å². The van der Waals surface area contributed by atoms with Gasteiger partial charge in [0.15, 0.2) is 0 Å². The van der Waals surface area contributed by atoms with Crippen LogP contribution in [0.3, 0.4) is 0 Å². The zero-order valence-electron chi connectivity index (χ0n) is 17.3. The van der Waals surface area contributed by atoms with E-state index in [2.05, 4.69) is 5.32 Å². The second kappa shape index (κ2) is 9.17. The Balaban J connectivity index is 1.94. The van der Waals surface area contributed by atoms with Crippen molar-refractivity contribution in [3.05, 3.63) is 66.7 Å². The summed E-state index contributed by atoms with van der Waals surface area (Å²) < 4.78 is 31.9. The van der Waals surface area contributed by atoms with Gasteiger partial charge in [-0.3, -0.25) is 9.10 Å². The standard InChI is InChI=1S/C23H26N2O4S/c1-4-22(23(26)24-21-12-8-10-17-9-6-7-11-20(17)21)25(30(3,27)28)18-13-15-19(16-14-18)29-5-2/h6-16,22H,4-5H2,1-3H3,(H,24,26)/t22-/m0/s1. The van der Waals surface area contributed by atoms with Crippen molar-refractivity contribution in [1.82, 2.24) is 0 Å². The number of benzene rings is 3. The molecule has 3 rings (SSSR count). The third kappa shape index (κ3) is 4.74. The van der Waals surface area contributed by atoms with Crippen LogP contribution in [-0.4, -0.2) is 33.2 Å². The quantitative estimate of drug-likeness (QED) is 0.578. The van der Waals surface area contributed by atoms with Crippen LogP contribution in [0.1, 0.15) is 20.3 Å². The minimum absolute atomic E-state index is 0.316. The monoisotopic (exact) mass is 426 g/mol. The molecule has 0 radical (unpaired) electrons. The average molecular weight is 427 g/mol. The highest BCUT2D eigenvalue weighted by molar-refractivity contribution is 7.92. The number of sulfonamides is 1. The SMILES string of the molecule is CCOc1ccc(N([C@@H](CC)C(=O)Nc2cccc3ccccc23)S(C)(=O)=O)cc1. The fraction of sp³-hybridized carbons (Fsp3) is 0.261. The van der Waals surface area contributed by atoms with E-state index >= 15 is 0 Å². The highest BCUT2D eigenvalue weighted by Gasteiger charge is 2.31. The summed E-state index contributed by atoms with van der Waals surface area (Å²) in [5.41, 5.74) is 1.07. The normalized spacial score (nSPS) is 12.4. The first-order valence-electron chi connectivity index (χ1n) is 9.86. The van der Waals surface area contributed by atoms with Gasteiger partial charge in [0, 0.05) is 11.1 Å². The first-order valence-corrected chi connectivity index (χ1v) is 11.7. The van der Waals surface area contributed by atoms with E-state index in [-0.39, 0.29) is 5.91 Å². The Morgan fingerprint density at radius 2 is 1.67 bits per heavy atom. The predicted molar refractivity (Wildman–Crippen MR) is 122 cm³/mol. The number of carbonyl (C=O) groups is 1. The van der Waals surface area contributed by atoms with E-state index in [1.165, 1.54) is 4.31 Å². The zero-order valence-corrected chi connectivity index (χ0v) is 18.1. The summed E-state index contributed by atoms with van der Waals surface area (Å²) in [5.74, 6) is 0.260. The van der Waals surface area contributed by atoms with E-state index in [1.54, 1.807) is 31.2 Å². The third-order valence-corrected chi connectivity index (χ3v) is 5.96. The molecule has 0 unspecified atom stereocenters. The number of nitrogens with zero attached hydrogens (tertiary/aromatic N) is 1. The van der Waals surface area contributed by atoms with Gasteiger partial charge in [-0.2, -0.15) is 0 Å². The fourth-order valence-corrected chi connectivity index (χ4v) is 4.68. The third-order valence-electron chi connectivity index (χ3n) is 4.78. The second-order valence-electron chi connectivity index (χ2n) is 6.93. The minimum Gasteiger partial charge on any atom is -0.494 e. The van der Waals surface area contributed by atoms with Crippen LogP contribution in [0.15, 0.2) is 66.7 Å². The predicted octanol–water partition coefficient (Wildman–Crippen LogP) is 4.42. The lowest BCUT2D eigenvalue weighted by atomic mass is 10.1. The van der Waals surface area contributed by atoms with Crippen LogP contribution in [0.25, 0.3) is 10.8 Å². The van der Waals surface area contributed by atoms with Gasteiger partial charge in [-0.05, 0) is 49.1 Å². The molecule has 0 aromatic heterocycles. The van der Waals surface area contributed by atoms with Gasteiger partial charge in [0.25, 0.3) is 0 Å². The van der Waals surface area contributed by atoms with Crippen molar-refractivity contribution in [2.24, 2.45) is 0 Å². The molecule has 3 aromatic carbocycles. The molecule has 0 aliphatic rings. The molecule has 0 aliphatic heterocycles. The van der Waals surface area contributed by atoms with Crippen molar-refractivity contribution in [3.63, 3.8) is 0 Å². The van der Waals surface area contributed by atoms with Gasteiger partial charge in [0.2, 0.25) is 15.9 Å². The average Bonchev–Trinajstić information content (AvgIpc) is 2.72. The molecule has 158 valence electrons. The Morgan fingerprint density at radius 3 is 2.30 bits per heavy atom. The molecule has 0 heterocycles. The maximum absolute atomic E-state index is 13.2. The summed E-state index contributed by atoms with van der Waals surface area (Å²) in [6.07, 6.45) is 1.42. The second-order valence-corrected chi connectivity index (χ2v) is 8.79. The first-order chi connectivity index (χ1) is 14.3. The Hall–Kier alpha value is -3.06. The summed E-state index contributed by atoms with van der Waals surface area (Å²) in [4.78, 5) is 13.2. The Morgan fingerprint density at radius 1 is 1.00 bits per heavy atom. The molecule has 30 heavy (non-hydrogen) atoms. The molecule has 1 atom stereocenters. The number of ether oxygens (including phenoxy) is 1. The van der Waals surface area contributed by atoms with E-state index < -0.39 is 16.1 Å². The molecule has 1 N–H and O–H groups in total. The van der Waals surface area contributed by atoms with Crippen LogP contribution in [0.5, 0.6) is 5.75 Å². The Labute approximate surface area is 177 Å². The van der Waals surface area contributed by atoms with Crippen molar-refractivity contribution < 1.29 is 17.9 Å². The maximum Gasteiger partial charge on any atom is 0.248 e. The van der Waals surface area contributed by atoms with Gasteiger partial charge in [-0.25, -0.2) is 8.42 Å². The summed E-state index contributed by atoms with van der Waals surface area (Å²) in [6.45, 7) is 4.18. The van der Waals surface area contributed by atoms with Crippen LogP contribution >= 0.6 is 0 Å². The summed E-state index contributed by atoms with van der Waals surface area (Å²) in [5, 5.41) is 4.81. The molecule has 0 saturated carbocycles. The van der Waals surface area contributed by atoms with Gasteiger partial charge in [-0.15, -0.1) is 0 Å². The van der Waals surface area contributed by atoms with Crippen molar-refractivity contribution >= 4 is 38.1 Å². The van der Waals surface area contributed by atoms with Crippen molar-refractivity contribution in [1.29, 1.82) is 0 Å². The lowest BCUT2D eigenvalue weighted by Crippen LogP contribution is -2.47. The Kier molecular flexibility index (Phi) is 6.62. The molecule has 0 spiro atoms. The van der Waals surface area contributed by atoms with E-state index in [9.17, 15) is 13.2 Å². The van der Waals surface area contributed by atoms with Gasteiger partial charge < -0.3 is 10.1 Å². The molecule has 0 aliphatic carbocycles. The van der Waals surface area contributed by atoms with Crippen LogP contribution < -0.4 is 14.4 Å². The largest absolute Gasteiger partial charge is 0.494 e. The molecule has 0 bridgehead atoms. The van der Waals surface area contributed by atoms with E-state index in [0.717, 1.165) is 17.0 Å². The van der Waals surface area contributed by atoms with Crippen LogP contribution in [0.2, 0.25) is 0 Å². The van der Waals surface area contributed by atoms with Gasteiger partial charge in [-0.1, -0.05) is 43.3 Å². The number of fused-ring (bicyclic) bond motifs is 1. The number of hydrogen-bond acceptors (Lipinski definition) is 4. The topological polar surface area (TPSA) is 75.7 Å².